The van der Waals surface area contributed by atoms with Crippen molar-refractivity contribution in [2.75, 3.05) is 18.0 Å². The van der Waals surface area contributed by atoms with Gasteiger partial charge in [-0.2, -0.15) is 0 Å². The fourth-order valence-electron chi connectivity index (χ4n) is 4.32. The van der Waals surface area contributed by atoms with Crippen LogP contribution in [0.4, 0.5) is 10.2 Å². The fourth-order valence-corrected chi connectivity index (χ4v) is 4.32. The van der Waals surface area contributed by atoms with E-state index in [-0.39, 0.29) is 46.2 Å². The van der Waals surface area contributed by atoms with Crippen LogP contribution < -0.4 is 16.1 Å². The zero-order chi connectivity index (χ0) is 21.9. The molecule has 2 fully saturated rings. The molecule has 1 aliphatic heterocycles. The molecular weight excluding hydrogens is 403 g/mol. The van der Waals surface area contributed by atoms with E-state index in [1.54, 1.807) is 33.7 Å². The van der Waals surface area contributed by atoms with Crippen molar-refractivity contribution in [1.29, 1.82) is 0 Å². The average Bonchev–Trinajstić information content (AvgIpc) is 3.50. The van der Waals surface area contributed by atoms with Crippen molar-refractivity contribution < 1.29 is 19.4 Å². The smallest absolute Gasteiger partial charge is 0.341 e. The molecule has 0 amide bonds. The van der Waals surface area contributed by atoms with E-state index in [0.29, 0.717) is 13.1 Å². The summed E-state index contributed by atoms with van der Waals surface area (Å²) in [6.07, 6.45) is 3.01. The molecule has 3 heterocycles. The lowest BCUT2D eigenvalue weighted by Gasteiger charge is -2.20. The molecule has 0 unspecified atom stereocenters. The Morgan fingerprint density at radius 2 is 1.90 bits per heavy atom. The van der Waals surface area contributed by atoms with Crippen molar-refractivity contribution >= 4 is 22.8 Å². The van der Waals surface area contributed by atoms with Gasteiger partial charge in [0, 0.05) is 37.3 Å². The van der Waals surface area contributed by atoms with Gasteiger partial charge in [0.05, 0.1) is 5.39 Å². The molecule has 31 heavy (non-hydrogen) atoms. The maximum Gasteiger partial charge on any atom is 0.341 e. The highest BCUT2D eigenvalue weighted by Gasteiger charge is 2.34. The van der Waals surface area contributed by atoms with Gasteiger partial charge in [-0.25, -0.2) is 14.2 Å². The van der Waals surface area contributed by atoms with Gasteiger partial charge >= 0.3 is 5.97 Å². The number of aromatic carboxylic acids is 1. The van der Waals surface area contributed by atoms with Gasteiger partial charge in [0.1, 0.15) is 17.0 Å². The van der Waals surface area contributed by atoms with Gasteiger partial charge in [-0.1, -0.05) is 12.1 Å². The summed E-state index contributed by atoms with van der Waals surface area (Å²) in [5.41, 5.74) is 6.43. The second-order valence-electron chi connectivity index (χ2n) is 8.25. The highest BCUT2D eigenvalue weighted by Crippen LogP contribution is 2.38. The van der Waals surface area contributed by atoms with Crippen LogP contribution in [0.2, 0.25) is 0 Å². The summed E-state index contributed by atoms with van der Waals surface area (Å²) in [5.74, 6) is -1.84. The molecule has 0 bridgehead atoms. The fraction of sp³-hybridized carbons (Fsp3) is 0.318. The van der Waals surface area contributed by atoms with Crippen molar-refractivity contribution in [3.05, 3.63) is 63.7 Å². The quantitative estimate of drug-likeness (QED) is 0.587. The molecule has 1 aromatic carbocycles. The van der Waals surface area contributed by atoms with Crippen molar-refractivity contribution in [3.63, 3.8) is 0 Å². The zero-order valence-electron chi connectivity index (χ0n) is 16.5. The van der Waals surface area contributed by atoms with E-state index in [1.807, 2.05) is 0 Å². The van der Waals surface area contributed by atoms with Gasteiger partial charge in [0.2, 0.25) is 5.43 Å². The van der Waals surface area contributed by atoms with Crippen molar-refractivity contribution in [3.8, 4) is 5.75 Å². The minimum absolute atomic E-state index is 0.0355. The Morgan fingerprint density at radius 3 is 2.55 bits per heavy atom. The van der Waals surface area contributed by atoms with Crippen LogP contribution in [0, 0.1) is 5.82 Å². The SMILES string of the molecule is N[C@H]1CN(c2nc3c(cc2F)c(=O)c(C(=O)O)cn3C2CC2)C[C@H]1c1ccc(O)cc1. The number of fused-ring (bicyclic) bond motifs is 1. The highest BCUT2D eigenvalue weighted by atomic mass is 19.1. The number of aromatic nitrogens is 2. The van der Waals surface area contributed by atoms with Crippen LogP contribution in [-0.4, -0.2) is 44.9 Å². The molecule has 2 aliphatic rings. The summed E-state index contributed by atoms with van der Waals surface area (Å²) in [4.78, 5) is 30.3. The van der Waals surface area contributed by atoms with E-state index < -0.39 is 17.2 Å². The number of hydrogen-bond donors (Lipinski definition) is 3. The predicted molar refractivity (Wildman–Crippen MR) is 112 cm³/mol. The monoisotopic (exact) mass is 424 g/mol. The Bertz CT molecular complexity index is 1250. The lowest BCUT2D eigenvalue weighted by Crippen LogP contribution is -2.29. The number of pyridine rings is 2. The van der Waals surface area contributed by atoms with Crippen LogP contribution in [0.1, 0.15) is 40.7 Å². The number of nitrogens with zero attached hydrogens (tertiary/aromatic N) is 3. The van der Waals surface area contributed by atoms with Gasteiger partial charge in [-0.3, -0.25) is 4.79 Å². The number of anilines is 1. The molecule has 2 atom stereocenters. The van der Waals surface area contributed by atoms with E-state index in [2.05, 4.69) is 4.98 Å². The molecule has 2 aromatic heterocycles. The number of rotatable bonds is 4. The Hall–Kier alpha value is -3.46. The van der Waals surface area contributed by atoms with Crippen LogP contribution in [0.5, 0.6) is 5.75 Å². The lowest BCUT2D eigenvalue weighted by molar-refractivity contribution is 0.0695. The number of phenolic OH excluding ortho intramolecular Hbond substituents is 1. The Kier molecular flexibility index (Phi) is 4.44. The molecule has 0 spiro atoms. The topological polar surface area (TPSA) is 122 Å². The number of carboxylic acids is 1. The Balaban J connectivity index is 1.58. The largest absolute Gasteiger partial charge is 0.508 e. The van der Waals surface area contributed by atoms with Gasteiger partial charge in [-0.15, -0.1) is 0 Å². The number of carbonyl (C=O) groups is 1. The minimum atomic E-state index is -1.34. The predicted octanol–water partition coefficient (Wildman–Crippen LogP) is 2.21. The molecule has 3 aromatic rings. The molecular formula is C22H21FN4O4. The number of carboxylic acid groups (broad SMARTS) is 1. The van der Waals surface area contributed by atoms with Crippen LogP contribution in [0.3, 0.4) is 0 Å². The van der Waals surface area contributed by atoms with Gasteiger partial charge in [-0.05, 0) is 36.6 Å². The summed E-state index contributed by atoms with van der Waals surface area (Å²) >= 11 is 0. The Labute approximate surface area is 176 Å². The lowest BCUT2D eigenvalue weighted by atomic mass is 9.95. The number of benzene rings is 1. The second kappa shape index (κ2) is 7.05. The first-order chi connectivity index (χ1) is 14.8. The number of phenols is 1. The number of halogens is 1. The number of hydrogen-bond acceptors (Lipinski definition) is 6. The van der Waals surface area contributed by atoms with E-state index in [4.69, 9.17) is 5.73 Å². The third kappa shape index (κ3) is 3.31. The first kappa shape index (κ1) is 19.5. The molecule has 160 valence electrons. The normalized spacial score (nSPS) is 21.0. The molecule has 4 N–H and O–H groups in total. The van der Waals surface area contributed by atoms with E-state index in [0.717, 1.165) is 24.5 Å². The summed E-state index contributed by atoms with van der Waals surface area (Å²) in [6.45, 7) is 0.810. The minimum Gasteiger partial charge on any atom is -0.508 e. The Morgan fingerprint density at radius 1 is 1.19 bits per heavy atom. The maximum atomic E-state index is 15.1. The van der Waals surface area contributed by atoms with Gasteiger partial charge in [0.15, 0.2) is 11.6 Å². The van der Waals surface area contributed by atoms with E-state index in [1.165, 1.54) is 6.20 Å². The summed E-state index contributed by atoms with van der Waals surface area (Å²) in [5, 5.41) is 18.8. The van der Waals surface area contributed by atoms with Crippen LogP contribution in [-0.2, 0) is 0 Å². The van der Waals surface area contributed by atoms with Crippen molar-refractivity contribution in [1.82, 2.24) is 9.55 Å². The van der Waals surface area contributed by atoms with Gasteiger partial charge < -0.3 is 25.4 Å². The first-order valence-electron chi connectivity index (χ1n) is 10.1. The molecule has 1 saturated carbocycles. The van der Waals surface area contributed by atoms with Crippen molar-refractivity contribution in [2.45, 2.75) is 30.8 Å². The van der Waals surface area contributed by atoms with E-state index >= 15 is 4.39 Å². The molecule has 8 nitrogen and oxygen atoms in total. The second-order valence-corrected chi connectivity index (χ2v) is 8.25. The standard InChI is InChI=1S/C22H21FN4O4/c23-17-7-14-19(29)16(22(30)31)9-27(12-3-4-12)20(14)25-21(17)26-8-15(18(24)10-26)11-1-5-13(28)6-2-11/h1-2,5-7,9,12,15,18,28H,3-4,8,10,24H2,(H,30,31)/t15-,18-/m0/s1. The highest BCUT2D eigenvalue weighted by molar-refractivity contribution is 5.92. The zero-order valence-corrected chi connectivity index (χ0v) is 16.5. The van der Waals surface area contributed by atoms with Crippen molar-refractivity contribution in [2.24, 2.45) is 5.73 Å². The maximum absolute atomic E-state index is 15.1. The molecule has 0 radical (unpaired) electrons. The third-order valence-corrected chi connectivity index (χ3v) is 6.10. The molecule has 1 saturated heterocycles. The van der Waals surface area contributed by atoms with Crippen LogP contribution >= 0.6 is 0 Å². The van der Waals surface area contributed by atoms with E-state index in [9.17, 15) is 19.8 Å². The first-order valence-corrected chi connectivity index (χ1v) is 10.1. The van der Waals surface area contributed by atoms with Gasteiger partial charge in [0.25, 0.3) is 0 Å². The van der Waals surface area contributed by atoms with Crippen LogP contribution in [0.25, 0.3) is 11.0 Å². The summed E-state index contributed by atoms with van der Waals surface area (Å²) < 4.78 is 16.7. The summed E-state index contributed by atoms with van der Waals surface area (Å²) in [6, 6.07) is 7.66. The average molecular weight is 424 g/mol. The molecule has 5 rings (SSSR count). The number of nitrogens with two attached hydrogens (primary N) is 1. The third-order valence-electron chi connectivity index (χ3n) is 6.10. The molecule has 9 heteroatoms. The van der Waals surface area contributed by atoms with Crippen LogP contribution in [0.15, 0.2) is 41.3 Å². The number of aromatic hydroxyl groups is 1. The summed E-state index contributed by atoms with van der Waals surface area (Å²) in [7, 11) is 0. The molecule has 1 aliphatic carbocycles.